The van der Waals surface area contributed by atoms with Crippen LogP contribution in [0.2, 0.25) is 0 Å². The number of hydrogen-bond acceptors (Lipinski definition) is 5. The lowest BCUT2D eigenvalue weighted by atomic mass is 9.88. The molecule has 0 aliphatic heterocycles. The van der Waals surface area contributed by atoms with E-state index in [2.05, 4.69) is 9.71 Å². The Morgan fingerprint density at radius 1 is 1.40 bits per heavy atom. The highest BCUT2D eigenvalue weighted by atomic mass is 32.2. The number of hydrogen-bond donors (Lipinski definition) is 2. The highest BCUT2D eigenvalue weighted by Crippen LogP contribution is 2.24. The maximum Gasteiger partial charge on any atom is 0.243 e. The monoisotopic (exact) mass is 295 g/mol. The predicted octanol–water partition coefficient (Wildman–Crippen LogP) is 0.783. The summed E-state index contributed by atoms with van der Waals surface area (Å²) >= 11 is 0. The van der Waals surface area contributed by atoms with Crippen LogP contribution in [0.15, 0.2) is 23.2 Å². The maximum absolute atomic E-state index is 12.2. The van der Waals surface area contributed by atoms with Gasteiger partial charge in [-0.25, -0.2) is 18.1 Å². The van der Waals surface area contributed by atoms with E-state index in [1.807, 2.05) is 0 Å². The van der Waals surface area contributed by atoms with Gasteiger partial charge in [-0.3, -0.25) is 0 Å². The molecule has 0 aromatic carbocycles. The fourth-order valence-corrected chi connectivity index (χ4v) is 3.57. The molecule has 1 aliphatic rings. The first kappa shape index (κ1) is 14.9. The molecule has 20 heavy (non-hydrogen) atoms. The van der Waals surface area contributed by atoms with E-state index in [1.54, 1.807) is 6.07 Å². The first-order valence-electron chi connectivity index (χ1n) is 6.56. The maximum atomic E-state index is 12.2. The Hall–Kier alpha value is -1.49. The summed E-state index contributed by atoms with van der Waals surface area (Å²) in [5.74, 6) is 0.232. The minimum atomic E-state index is -3.71. The van der Waals surface area contributed by atoms with Gasteiger partial charge in [-0.05, 0) is 43.7 Å². The topological polar surface area (TPSA) is 103 Å². The second-order valence-electron chi connectivity index (χ2n) is 4.99. The number of sulfonamides is 1. The zero-order chi connectivity index (χ0) is 14.6. The quantitative estimate of drug-likeness (QED) is 0.854. The summed E-state index contributed by atoms with van der Waals surface area (Å²) in [5, 5.41) is 18.3. The van der Waals surface area contributed by atoms with E-state index in [-0.39, 0.29) is 22.6 Å². The summed E-state index contributed by atoms with van der Waals surface area (Å²) in [5.41, 5.74) is -0.0981. The molecule has 1 heterocycles. The van der Waals surface area contributed by atoms with Crippen molar-refractivity contribution in [3.05, 3.63) is 24.0 Å². The molecule has 0 amide bonds. The normalized spacial score (nSPS) is 23.2. The van der Waals surface area contributed by atoms with Gasteiger partial charge in [0, 0.05) is 12.7 Å². The van der Waals surface area contributed by atoms with Crippen LogP contribution in [0, 0.1) is 17.2 Å². The number of nitrogens with one attached hydrogen (secondary N) is 1. The van der Waals surface area contributed by atoms with Gasteiger partial charge in [-0.1, -0.05) is 0 Å². The lowest BCUT2D eigenvalue weighted by Crippen LogP contribution is -2.32. The SMILES string of the molecule is N#Cc1ncccc1S(=O)(=O)NCC1CCC(O)CC1. The van der Waals surface area contributed by atoms with Gasteiger partial charge in [0.2, 0.25) is 10.0 Å². The molecule has 1 fully saturated rings. The Morgan fingerprint density at radius 2 is 2.10 bits per heavy atom. The second kappa shape index (κ2) is 6.31. The molecule has 0 atom stereocenters. The number of rotatable bonds is 4. The van der Waals surface area contributed by atoms with E-state index < -0.39 is 10.0 Å². The summed E-state index contributed by atoms with van der Waals surface area (Å²) in [4.78, 5) is 3.67. The molecule has 2 N–H and O–H groups in total. The Bertz CT molecular complexity index is 602. The van der Waals surface area contributed by atoms with Gasteiger partial charge in [-0.2, -0.15) is 5.26 Å². The Balaban J connectivity index is 2.03. The van der Waals surface area contributed by atoms with Crippen molar-refractivity contribution < 1.29 is 13.5 Å². The van der Waals surface area contributed by atoms with Gasteiger partial charge >= 0.3 is 0 Å². The minimum absolute atomic E-state index is 0.0849. The van der Waals surface area contributed by atoms with E-state index in [4.69, 9.17) is 5.26 Å². The van der Waals surface area contributed by atoms with Crippen molar-refractivity contribution in [2.75, 3.05) is 6.54 Å². The van der Waals surface area contributed by atoms with E-state index >= 15 is 0 Å². The predicted molar refractivity (Wildman–Crippen MR) is 72.1 cm³/mol. The number of pyridine rings is 1. The van der Waals surface area contributed by atoms with Crippen LogP contribution in [-0.2, 0) is 10.0 Å². The molecule has 1 aromatic rings. The average molecular weight is 295 g/mol. The molecule has 0 radical (unpaired) electrons. The molecular weight excluding hydrogens is 278 g/mol. The van der Waals surface area contributed by atoms with Crippen LogP contribution in [0.4, 0.5) is 0 Å². The zero-order valence-electron chi connectivity index (χ0n) is 11.0. The minimum Gasteiger partial charge on any atom is -0.393 e. The summed E-state index contributed by atoms with van der Waals surface area (Å²) in [6.45, 7) is 0.328. The van der Waals surface area contributed by atoms with Crippen LogP contribution >= 0.6 is 0 Å². The molecule has 7 heteroatoms. The molecule has 0 saturated heterocycles. The van der Waals surface area contributed by atoms with E-state index in [0.29, 0.717) is 19.4 Å². The van der Waals surface area contributed by atoms with Crippen molar-refractivity contribution >= 4 is 10.0 Å². The summed E-state index contributed by atoms with van der Waals surface area (Å²) in [6.07, 6.45) is 4.17. The highest BCUT2D eigenvalue weighted by Gasteiger charge is 2.23. The Kier molecular flexibility index (Phi) is 4.70. The number of aliphatic hydroxyl groups excluding tert-OH is 1. The van der Waals surface area contributed by atoms with Gasteiger partial charge in [0.1, 0.15) is 11.0 Å². The van der Waals surface area contributed by atoms with Crippen molar-refractivity contribution in [2.24, 2.45) is 5.92 Å². The molecule has 0 bridgehead atoms. The third kappa shape index (κ3) is 3.54. The van der Waals surface area contributed by atoms with Crippen molar-refractivity contribution in [1.29, 1.82) is 5.26 Å². The van der Waals surface area contributed by atoms with Crippen molar-refractivity contribution in [3.8, 4) is 6.07 Å². The summed E-state index contributed by atoms with van der Waals surface area (Å²) in [6, 6.07) is 4.65. The van der Waals surface area contributed by atoms with Crippen molar-refractivity contribution in [1.82, 2.24) is 9.71 Å². The molecule has 108 valence electrons. The van der Waals surface area contributed by atoms with Gasteiger partial charge in [0.25, 0.3) is 0 Å². The highest BCUT2D eigenvalue weighted by molar-refractivity contribution is 7.89. The summed E-state index contributed by atoms with van der Waals surface area (Å²) < 4.78 is 26.9. The Labute approximate surface area is 118 Å². The molecule has 0 spiro atoms. The third-order valence-corrected chi connectivity index (χ3v) is 5.00. The van der Waals surface area contributed by atoms with Crippen molar-refractivity contribution in [3.63, 3.8) is 0 Å². The number of aromatic nitrogens is 1. The van der Waals surface area contributed by atoms with Crippen LogP contribution in [-0.4, -0.2) is 31.2 Å². The van der Waals surface area contributed by atoms with E-state index in [1.165, 1.54) is 18.3 Å². The lowest BCUT2D eigenvalue weighted by molar-refractivity contribution is 0.109. The van der Waals surface area contributed by atoms with E-state index in [0.717, 1.165) is 12.8 Å². The fourth-order valence-electron chi connectivity index (χ4n) is 2.35. The molecule has 6 nitrogen and oxygen atoms in total. The molecule has 1 aromatic heterocycles. The van der Waals surface area contributed by atoms with Gasteiger partial charge in [-0.15, -0.1) is 0 Å². The van der Waals surface area contributed by atoms with Crippen LogP contribution in [0.5, 0.6) is 0 Å². The first-order valence-corrected chi connectivity index (χ1v) is 8.04. The summed E-state index contributed by atoms with van der Waals surface area (Å²) in [7, 11) is -3.71. The second-order valence-corrected chi connectivity index (χ2v) is 6.72. The lowest BCUT2D eigenvalue weighted by Gasteiger charge is -2.25. The molecule has 2 rings (SSSR count). The smallest absolute Gasteiger partial charge is 0.243 e. The fraction of sp³-hybridized carbons (Fsp3) is 0.538. The largest absolute Gasteiger partial charge is 0.393 e. The standard InChI is InChI=1S/C13H17N3O3S/c14-8-12-13(2-1-7-15-12)20(18,19)16-9-10-3-5-11(17)6-4-10/h1-2,7,10-11,16-17H,3-6,9H2. The third-order valence-electron chi connectivity index (χ3n) is 3.54. The van der Waals surface area contributed by atoms with Gasteiger partial charge < -0.3 is 5.11 Å². The number of nitriles is 1. The van der Waals surface area contributed by atoms with Crippen LogP contribution in [0.3, 0.4) is 0 Å². The van der Waals surface area contributed by atoms with Gasteiger partial charge in [0.15, 0.2) is 5.69 Å². The Morgan fingerprint density at radius 3 is 2.75 bits per heavy atom. The number of nitrogens with zero attached hydrogens (tertiary/aromatic N) is 2. The van der Waals surface area contributed by atoms with Crippen LogP contribution < -0.4 is 4.72 Å². The van der Waals surface area contributed by atoms with Gasteiger partial charge in [0.05, 0.1) is 6.10 Å². The molecule has 1 aliphatic carbocycles. The first-order chi connectivity index (χ1) is 9.53. The van der Waals surface area contributed by atoms with E-state index in [9.17, 15) is 13.5 Å². The van der Waals surface area contributed by atoms with Crippen LogP contribution in [0.25, 0.3) is 0 Å². The molecule has 0 unspecified atom stereocenters. The average Bonchev–Trinajstić information content (AvgIpc) is 2.46. The zero-order valence-corrected chi connectivity index (χ0v) is 11.8. The number of aliphatic hydroxyl groups is 1. The van der Waals surface area contributed by atoms with Crippen LogP contribution in [0.1, 0.15) is 31.4 Å². The molecule has 1 saturated carbocycles. The molecular formula is C13H17N3O3S. The van der Waals surface area contributed by atoms with Crippen molar-refractivity contribution in [2.45, 2.75) is 36.7 Å².